The zero-order chi connectivity index (χ0) is 10.6. The molecule has 1 aliphatic rings. The minimum Gasteiger partial charge on any atom is -0.481 e. The van der Waals surface area contributed by atoms with Crippen LogP contribution in [0.3, 0.4) is 0 Å². The number of rotatable bonds is 4. The molecule has 4 nitrogen and oxygen atoms in total. The Balaban J connectivity index is 2.42. The van der Waals surface area contributed by atoms with Crippen LogP contribution in [0.1, 0.15) is 19.3 Å². The third-order valence-electron chi connectivity index (χ3n) is 2.79. The lowest BCUT2D eigenvalue weighted by atomic mass is 9.89. The van der Waals surface area contributed by atoms with E-state index in [-0.39, 0.29) is 12.0 Å². The van der Waals surface area contributed by atoms with E-state index in [0.717, 1.165) is 32.4 Å². The summed E-state index contributed by atoms with van der Waals surface area (Å²) in [6, 6.07) is 0.156. The molecule has 1 rings (SSSR count). The maximum absolute atomic E-state index is 11.0. The van der Waals surface area contributed by atoms with E-state index in [2.05, 4.69) is 10.2 Å². The number of carboxylic acid groups (broad SMARTS) is 1. The van der Waals surface area contributed by atoms with Crippen molar-refractivity contribution < 1.29 is 9.90 Å². The van der Waals surface area contributed by atoms with Gasteiger partial charge in [-0.15, -0.1) is 0 Å². The van der Waals surface area contributed by atoms with E-state index in [1.807, 2.05) is 14.1 Å². The molecule has 0 bridgehead atoms. The van der Waals surface area contributed by atoms with Crippen LogP contribution < -0.4 is 5.32 Å². The first kappa shape index (κ1) is 11.5. The van der Waals surface area contributed by atoms with Crippen LogP contribution in [-0.4, -0.2) is 49.2 Å². The summed E-state index contributed by atoms with van der Waals surface area (Å²) in [6.45, 7) is 1.91. The molecule has 4 heteroatoms. The summed E-state index contributed by atoms with van der Waals surface area (Å²) in [5.41, 5.74) is 0. The highest BCUT2D eigenvalue weighted by Gasteiger charge is 2.29. The predicted molar refractivity (Wildman–Crippen MR) is 55.3 cm³/mol. The zero-order valence-corrected chi connectivity index (χ0v) is 8.99. The van der Waals surface area contributed by atoms with Crippen LogP contribution in [0.4, 0.5) is 0 Å². The highest BCUT2D eigenvalue weighted by Crippen LogP contribution is 2.19. The van der Waals surface area contributed by atoms with Gasteiger partial charge in [0.15, 0.2) is 0 Å². The average Bonchev–Trinajstić information content (AvgIpc) is 2.15. The lowest BCUT2D eigenvalue weighted by Gasteiger charge is -2.30. The van der Waals surface area contributed by atoms with E-state index < -0.39 is 5.97 Å². The van der Waals surface area contributed by atoms with Gasteiger partial charge in [0.2, 0.25) is 0 Å². The van der Waals surface area contributed by atoms with Crippen molar-refractivity contribution in [1.29, 1.82) is 0 Å². The second kappa shape index (κ2) is 5.32. The first-order valence-electron chi connectivity index (χ1n) is 5.22. The van der Waals surface area contributed by atoms with E-state index >= 15 is 0 Å². The van der Waals surface area contributed by atoms with Crippen LogP contribution in [0.25, 0.3) is 0 Å². The van der Waals surface area contributed by atoms with E-state index in [4.69, 9.17) is 5.11 Å². The lowest BCUT2D eigenvalue weighted by Crippen LogP contribution is -2.46. The molecule has 0 saturated carbocycles. The third-order valence-corrected chi connectivity index (χ3v) is 2.79. The van der Waals surface area contributed by atoms with Crippen LogP contribution >= 0.6 is 0 Å². The summed E-state index contributed by atoms with van der Waals surface area (Å²) < 4.78 is 0. The molecular formula is C10H20N2O2. The van der Waals surface area contributed by atoms with Gasteiger partial charge in [0.25, 0.3) is 0 Å². The first-order chi connectivity index (χ1) is 6.61. The highest BCUT2D eigenvalue weighted by molar-refractivity contribution is 5.71. The van der Waals surface area contributed by atoms with Gasteiger partial charge in [-0.1, -0.05) is 0 Å². The molecule has 82 valence electrons. The fraction of sp³-hybridized carbons (Fsp3) is 0.900. The van der Waals surface area contributed by atoms with Crippen LogP contribution in [0.15, 0.2) is 0 Å². The van der Waals surface area contributed by atoms with Crippen LogP contribution in [0.5, 0.6) is 0 Å². The number of nitrogens with zero attached hydrogens (tertiary/aromatic N) is 1. The second-order valence-corrected chi connectivity index (χ2v) is 4.24. The molecule has 0 aromatic carbocycles. The maximum atomic E-state index is 11.0. The Labute approximate surface area is 85.3 Å². The smallest absolute Gasteiger partial charge is 0.308 e. The Hall–Kier alpha value is -0.610. The Bertz CT molecular complexity index is 195. The molecule has 1 heterocycles. The van der Waals surface area contributed by atoms with Gasteiger partial charge in [0, 0.05) is 6.04 Å². The molecule has 2 atom stereocenters. The molecule has 0 aromatic rings. The molecule has 2 N–H and O–H groups in total. The summed E-state index contributed by atoms with van der Waals surface area (Å²) in [6.07, 6.45) is 2.72. The van der Waals surface area contributed by atoms with Gasteiger partial charge in [-0.3, -0.25) is 4.79 Å². The molecule has 0 amide bonds. The van der Waals surface area contributed by atoms with Gasteiger partial charge in [0.1, 0.15) is 0 Å². The number of nitrogens with one attached hydrogen (secondary N) is 1. The molecule has 0 aliphatic carbocycles. The van der Waals surface area contributed by atoms with Crippen molar-refractivity contribution in [3.8, 4) is 0 Å². The molecule has 1 fully saturated rings. The molecule has 0 radical (unpaired) electrons. The molecule has 0 aromatic heterocycles. The minimum atomic E-state index is -0.652. The van der Waals surface area contributed by atoms with Gasteiger partial charge in [0.05, 0.1) is 5.92 Å². The summed E-state index contributed by atoms with van der Waals surface area (Å²) in [5, 5.41) is 12.3. The topological polar surface area (TPSA) is 52.6 Å². The van der Waals surface area contributed by atoms with Gasteiger partial charge in [-0.05, 0) is 46.4 Å². The van der Waals surface area contributed by atoms with Gasteiger partial charge < -0.3 is 15.3 Å². The Morgan fingerprint density at radius 3 is 2.86 bits per heavy atom. The predicted octanol–water partition coefficient (Wildman–Crippen LogP) is 0.391. The third kappa shape index (κ3) is 3.27. The van der Waals surface area contributed by atoms with Gasteiger partial charge in [-0.2, -0.15) is 0 Å². The first-order valence-corrected chi connectivity index (χ1v) is 5.22. The quantitative estimate of drug-likeness (QED) is 0.689. The van der Waals surface area contributed by atoms with Crippen molar-refractivity contribution in [2.45, 2.75) is 25.3 Å². The van der Waals surface area contributed by atoms with Crippen LogP contribution in [0.2, 0.25) is 0 Å². The molecule has 2 unspecified atom stereocenters. The molecule has 1 saturated heterocycles. The summed E-state index contributed by atoms with van der Waals surface area (Å²) in [4.78, 5) is 13.0. The molecule has 14 heavy (non-hydrogen) atoms. The highest BCUT2D eigenvalue weighted by atomic mass is 16.4. The van der Waals surface area contributed by atoms with E-state index in [0.29, 0.717) is 0 Å². The van der Waals surface area contributed by atoms with Crippen molar-refractivity contribution in [3.05, 3.63) is 0 Å². The second-order valence-electron chi connectivity index (χ2n) is 4.24. The standard InChI is InChI=1S/C10H20N2O2/c1-12(2)7-5-9-8(10(13)14)4-3-6-11-9/h8-9,11H,3-7H2,1-2H3,(H,13,14). The number of aliphatic carboxylic acids is 1. The van der Waals surface area contributed by atoms with Crippen molar-refractivity contribution in [2.75, 3.05) is 27.2 Å². The van der Waals surface area contributed by atoms with E-state index in [1.54, 1.807) is 0 Å². The maximum Gasteiger partial charge on any atom is 0.308 e. The van der Waals surface area contributed by atoms with Crippen molar-refractivity contribution in [2.24, 2.45) is 5.92 Å². The van der Waals surface area contributed by atoms with Gasteiger partial charge >= 0.3 is 5.97 Å². The molecular weight excluding hydrogens is 180 g/mol. The monoisotopic (exact) mass is 200 g/mol. The fourth-order valence-corrected chi connectivity index (χ4v) is 1.95. The number of hydrogen-bond donors (Lipinski definition) is 2. The van der Waals surface area contributed by atoms with Crippen molar-refractivity contribution >= 4 is 5.97 Å². The van der Waals surface area contributed by atoms with Crippen LogP contribution in [0, 0.1) is 5.92 Å². The van der Waals surface area contributed by atoms with Crippen molar-refractivity contribution in [3.63, 3.8) is 0 Å². The Morgan fingerprint density at radius 2 is 2.29 bits per heavy atom. The Morgan fingerprint density at radius 1 is 1.57 bits per heavy atom. The number of hydrogen-bond acceptors (Lipinski definition) is 3. The van der Waals surface area contributed by atoms with E-state index in [1.165, 1.54) is 0 Å². The number of carboxylic acids is 1. The van der Waals surface area contributed by atoms with E-state index in [9.17, 15) is 4.79 Å². The van der Waals surface area contributed by atoms with Crippen LogP contribution in [-0.2, 0) is 4.79 Å². The van der Waals surface area contributed by atoms with Gasteiger partial charge in [-0.25, -0.2) is 0 Å². The summed E-state index contributed by atoms with van der Waals surface area (Å²) in [7, 11) is 4.03. The zero-order valence-electron chi connectivity index (χ0n) is 8.99. The summed E-state index contributed by atoms with van der Waals surface area (Å²) >= 11 is 0. The molecule has 1 aliphatic heterocycles. The lowest BCUT2D eigenvalue weighted by molar-refractivity contribution is -0.143. The number of carbonyl (C=O) groups is 1. The minimum absolute atomic E-state index is 0.156. The normalized spacial score (nSPS) is 27.9. The Kier molecular flexibility index (Phi) is 4.35. The fourth-order valence-electron chi connectivity index (χ4n) is 1.95. The SMILES string of the molecule is CN(C)CCC1NCCCC1C(=O)O. The molecule has 0 spiro atoms. The summed E-state index contributed by atoms with van der Waals surface area (Å²) in [5.74, 6) is -0.843. The average molecular weight is 200 g/mol. The largest absolute Gasteiger partial charge is 0.481 e. The number of piperidine rings is 1. The van der Waals surface area contributed by atoms with Crippen molar-refractivity contribution in [1.82, 2.24) is 10.2 Å².